The molecule has 1 aliphatic rings. The third-order valence-corrected chi connectivity index (χ3v) is 4.23. The third kappa shape index (κ3) is 2.20. The Labute approximate surface area is 134 Å². The molecule has 25 heavy (non-hydrogen) atoms. The lowest BCUT2D eigenvalue weighted by Gasteiger charge is -2.36. The van der Waals surface area contributed by atoms with E-state index in [0.717, 1.165) is 0 Å². The highest BCUT2D eigenvalue weighted by Crippen LogP contribution is 2.70. The summed E-state index contributed by atoms with van der Waals surface area (Å²) >= 11 is 0. The molecule has 0 heterocycles. The second-order valence-corrected chi connectivity index (χ2v) is 6.06. The van der Waals surface area contributed by atoms with Gasteiger partial charge in [-0.2, -0.15) is 35.1 Å². The zero-order valence-electron chi connectivity index (χ0n) is 12.2. The maximum absolute atomic E-state index is 14.4. The molecule has 1 aliphatic carbocycles. The number of rotatable bonds is 3. The van der Waals surface area contributed by atoms with Crippen molar-refractivity contribution in [3.05, 3.63) is 35.6 Å². The minimum Gasteiger partial charge on any atom is -0.385 e. The number of halogens is 10. The first-order valence-electron chi connectivity index (χ1n) is 6.64. The summed E-state index contributed by atoms with van der Waals surface area (Å²) in [6.07, 6.45) is -2.49. The van der Waals surface area contributed by atoms with Gasteiger partial charge >= 0.3 is 23.7 Å². The second-order valence-electron chi connectivity index (χ2n) is 6.06. The average Bonchev–Trinajstić information content (AvgIpc) is 2.49. The van der Waals surface area contributed by atoms with Crippen molar-refractivity contribution < 1.29 is 49.0 Å². The first kappa shape index (κ1) is 19.8. The van der Waals surface area contributed by atoms with Crippen LogP contribution in [-0.2, 0) is 5.60 Å². The van der Waals surface area contributed by atoms with Crippen molar-refractivity contribution in [2.75, 3.05) is 0 Å². The molecule has 1 fully saturated rings. The first-order valence-corrected chi connectivity index (χ1v) is 6.64. The van der Waals surface area contributed by atoms with E-state index in [1.165, 1.54) is 0 Å². The molecule has 0 radical (unpaired) electrons. The summed E-state index contributed by atoms with van der Waals surface area (Å²) in [7, 11) is 0. The quantitative estimate of drug-likeness (QED) is 0.750. The van der Waals surface area contributed by atoms with Crippen molar-refractivity contribution in [2.24, 2.45) is 0 Å². The van der Waals surface area contributed by atoms with Crippen LogP contribution in [0, 0.1) is 5.82 Å². The van der Waals surface area contributed by atoms with Gasteiger partial charge in [0.25, 0.3) is 5.67 Å². The van der Waals surface area contributed by atoms with Crippen molar-refractivity contribution >= 4 is 0 Å². The molecule has 2 rings (SSSR count). The summed E-state index contributed by atoms with van der Waals surface area (Å²) < 4.78 is 134. The number of hydrogen-bond donors (Lipinski definition) is 1. The van der Waals surface area contributed by atoms with E-state index in [-0.39, 0.29) is 0 Å². The summed E-state index contributed by atoms with van der Waals surface area (Å²) in [5.74, 6) is -27.3. The largest absolute Gasteiger partial charge is 0.385 e. The summed E-state index contributed by atoms with van der Waals surface area (Å²) in [5, 5.41) is 9.99. The Bertz CT molecular complexity index is 639. The van der Waals surface area contributed by atoms with Crippen LogP contribution in [0.1, 0.15) is 18.9 Å². The van der Waals surface area contributed by atoms with Gasteiger partial charge in [0.15, 0.2) is 0 Å². The van der Waals surface area contributed by atoms with Gasteiger partial charge in [0, 0.05) is 6.42 Å². The molecular weight excluding hydrogens is 374 g/mol. The zero-order chi connectivity index (χ0) is 19.7. The number of hydrogen-bond acceptors (Lipinski definition) is 1. The first-order chi connectivity index (χ1) is 11.0. The lowest BCUT2D eigenvalue weighted by Crippen LogP contribution is -2.57. The van der Waals surface area contributed by atoms with E-state index in [9.17, 15) is 49.0 Å². The summed E-state index contributed by atoms with van der Waals surface area (Å²) in [6.45, 7) is 0.475. The maximum Gasteiger partial charge on any atom is 0.381 e. The van der Waals surface area contributed by atoms with E-state index in [1.807, 2.05) is 0 Å². The van der Waals surface area contributed by atoms with Crippen LogP contribution in [0.5, 0.6) is 0 Å². The monoisotopic (exact) mass is 384 g/mol. The highest BCUT2D eigenvalue weighted by Gasteiger charge is 3.00. The number of aliphatic hydroxyl groups is 1. The standard InChI is InChI=1S/C14H10F10O/c1-9(25,7-2-4-8(15)5-3-7)6-10(16)11(17,18)13(21,22)14(23,24)12(10,19)20/h2-5,25H,6H2,1H3. The lowest BCUT2D eigenvalue weighted by atomic mass is 9.80. The van der Waals surface area contributed by atoms with Crippen molar-refractivity contribution in [3.63, 3.8) is 0 Å². The molecule has 0 amide bonds. The molecular formula is C14H10F10O. The van der Waals surface area contributed by atoms with Crippen LogP contribution < -0.4 is 0 Å². The minimum atomic E-state index is -6.70. The third-order valence-electron chi connectivity index (χ3n) is 4.23. The normalized spacial score (nSPS) is 27.7. The molecule has 0 aromatic heterocycles. The molecule has 1 unspecified atom stereocenters. The van der Waals surface area contributed by atoms with E-state index in [0.29, 0.717) is 31.2 Å². The molecule has 0 bridgehead atoms. The summed E-state index contributed by atoms with van der Waals surface area (Å²) in [6, 6.07) is 2.64. The predicted molar refractivity (Wildman–Crippen MR) is 64.2 cm³/mol. The van der Waals surface area contributed by atoms with Gasteiger partial charge in [-0.1, -0.05) is 12.1 Å². The Morgan fingerprint density at radius 3 is 1.48 bits per heavy atom. The van der Waals surface area contributed by atoms with Crippen molar-refractivity contribution in [1.82, 2.24) is 0 Å². The lowest BCUT2D eigenvalue weighted by molar-refractivity contribution is -0.303. The fraction of sp³-hybridized carbons (Fsp3) is 0.571. The average molecular weight is 384 g/mol. The van der Waals surface area contributed by atoms with Gasteiger partial charge in [-0.15, -0.1) is 0 Å². The van der Waals surface area contributed by atoms with Crippen LogP contribution in [0.25, 0.3) is 0 Å². The van der Waals surface area contributed by atoms with Crippen molar-refractivity contribution in [3.8, 4) is 0 Å². The van der Waals surface area contributed by atoms with E-state index in [1.54, 1.807) is 0 Å². The van der Waals surface area contributed by atoms with Crippen LogP contribution in [0.4, 0.5) is 43.9 Å². The van der Waals surface area contributed by atoms with Crippen LogP contribution in [-0.4, -0.2) is 34.5 Å². The molecule has 1 aromatic carbocycles. The van der Waals surface area contributed by atoms with Gasteiger partial charge < -0.3 is 5.11 Å². The molecule has 1 nitrogen and oxygen atoms in total. The molecule has 0 spiro atoms. The Morgan fingerprint density at radius 1 is 0.760 bits per heavy atom. The Morgan fingerprint density at radius 2 is 1.12 bits per heavy atom. The predicted octanol–water partition coefficient (Wildman–Crippen LogP) is 4.69. The van der Waals surface area contributed by atoms with Crippen LogP contribution in [0.3, 0.4) is 0 Å². The molecule has 1 atom stereocenters. The highest BCUT2D eigenvalue weighted by atomic mass is 19.4. The SMILES string of the molecule is CC(O)(CC1(F)C(F)(F)C(F)(F)C(F)(F)C1(F)F)c1ccc(F)cc1. The molecule has 0 saturated heterocycles. The molecule has 1 N–H and O–H groups in total. The number of alkyl halides is 9. The van der Waals surface area contributed by atoms with Crippen LogP contribution in [0.15, 0.2) is 24.3 Å². The Balaban J connectivity index is 2.58. The Hall–Kier alpha value is -1.52. The summed E-state index contributed by atoms with van der Waals surface area (Å²) in [5.41, 5.74) is -9.40. The Kier molecular flexibility index (Phi) is 3.97. The van der Waals surface area contributed by atoms with Crippen molar-refractivity contribution in [2.45, 2.75) is 48.3 Å². The molecule has 11 heteroatoms. The maximum atomic E-state index is 14.4. The van der Waals surface area contributed by atoms with Crippen LogP contribution >= 0.6 is 0 Å². The minimum absolute atomic E-state index is 0.475. The second kappa shape index (κ2) is 5.01. The molecule has 1 saturated carbocycles. The molecule has 0 aliphatic heterocycles. The van der Waals surface area contributed by atoms with E-state index in [2.05, 4.69) is 0 Å². The van der Waals surface area contributed by atoms with Gasteiger partial charge in [-0.25, -0.2) is 8.78 Å². The van der Waals surface area contributed by atoms with E-state index in [4.69, 9.17) is 0 Å². The highest BCUT2D eigenvalue weighted by molar-refractivity contribution is 5.30. The van der Waals surface area contributed by atoms with Gasteiger partial charge in [0.2, 0.25) is 0 Å². The van der Waals surface area contributed by atoms with Crippen LogP contribution in [0.2, 0.25) is 0 Å². The molecule has 142 valence electrons. The molecule has 1 aromatic rings. The van der Waals surface area contributed by atoms with Gasteiger partial charge in [0.1, 0.15) is 5.82 Å². The van der Waals surface area contributed by atoms with Crippen molar-refractivity contribution in [1.29, 1.82) is 0 Å². The van der Waals surface area contributed by atoms with E-state index >= 15 is 0 Å². The smallest absolute Gasteiger partial charge is 0.381 e. The fourth-order valence-corrected chi connectivity index (χ4v) is 2.70. The summed E-state index contributed by atoms with van der Waals surface area (Å²) in [4.78, 5) is 0. The zero-order valence-corrected chi connectivity index (χ0v) is 12.2. The van der Waals surface area contributed by atoms with Gasteiger partial charge in [0.05, 0.1) is 5.60 Å². The topological polar surface area (TPSA) is 20.2 Å². The van der Waals surface area contributed by atoms with Gasteiger partial charge in [-0.3, -0.25) is 0 Å². The van der Waals surface area contributed by atoms with E-state index < -0.39 is 52.8 Å². The fourth-order valence-electron chi connectivity index (χ4n) is 2.70. The van der Waals surface area contributed by atoms with Gasteiger partial charge in [-0.05, 0) is 24.6 Å². The number of benzene rings is 1.